The first kappa shape index (κ1) is 20.4. The molecule has 3 saturated carbocycles. The first-order valence-electron chi connectivity index (χ1n) is 9.05. The molecule has 4 N–H and O–H groups in total. The average molecular weight is 441 g/mol. The molecule has 0 saturated heterocycles. The van der Waals surface area contributed by atoms with Gasteiger partial charge in [-0.3, -0.25) is 9.59 Å². The Kier molecular flexibility index (Phi) is 5.02. The predicted molar refractivity (Wildman–Crippen MR) is 99.0 cm³/mol. The monoisotopic (exact) mass is 440 g/mol. The molecule has 1 heterocycles. The van der Waals surface area contributed by atoms with E-state index in [4.69, 9.17) is 26.8 Å². The van der Waals surface area contributed by atoms with Crippen LogP contribution < -0.4 is 21.5 Å². The third-order valence-corrected chi connectivity index (χ3v) is 5.68. The molecule has 1 atom stereocenters. The molecule has 3 aliphatic carbocycles. The van der Waals surface area contributed by atoms with Gasteiger partial charge in [0.05, 0.1) is 5.02 Å². The number of hydrogen-bond acceptors (Lipinski definition) is 7. The average Bonchev–Trinajstić information content (AvgIpc) is 3.03. The molecule has 160 valence electrons. The molecule has 2 aromatic rings. The summed E-state index contributed by atoms with van der Waals surface area (Å²) >= 11 is 5.66. The van der Waals surface area contributed by atoms with Gasteiger partial charge >= 0.3 is 5.76 Å². The van der Waals surface area contributed by atoms with E-state index in [9.17, 15) is 18.8 Å². The number of primary amides is 1. The number of H-pyrrole nitrogens is 1. The number of benzene rings is 1. The molecular formula is C18H18ClFN4O6. The quantitative estimate of drug-likeness (QED) is 0.518. The van der Waals surface area contributed by atoms with Crippen molar-refractivity contribution in [2.24, 2.45) is 11.1 Å². The molecule has 3 aliphatic rings. The second kappa shape index (κ2) is 7.40. The molecule has 1 aromatic heterocycles. The molecule has 0 radical (unpaired) electrons. The highest BCUT2D eigenvalue weighted by atomic mass is 35.5. The zero-order chi connectivity index (χ0) is 21.5. The summed E-state index contributed by atoms with van der Waals surface area (Å²) in [5, 5.41) is 8.48. The Bertz CT molecular complexity index is 1030. The third kappa shape index (κ3) is 3.77. The summed E-state index contributed by atoms with van der Waals surface area (Å²) < 4.78 is 29.1. The lowest BCUT2D eigenvalue weighted by molar-refractivity contribution is -0.208. The summed E-state index contributed by atoms with van der Waals surface area (Å²) in [5.74, 6) is -2.18. The minimum Gasteiger partial charge on any atom is -0.480 e. The zero-order valence-electron chi connectivity index (χ0n) is 15.6. The van der Waals surface area contributed by atoms with Crippen LogP contribution in [0.2, 0.25) is 5.02 Å². The van der Waals surface area contributed by atoms with Crippen LogP contribution in [0.1, 0.15) is 25.2 Å². The molecule has 2 bridgehead atoms. The number of aromatic nitrogens is 2. The van der Waals surface area contributed by atoms with E-state index >= 15 is 0 Å². The van der Waals surface area contributed by atoms with Crippen LogP contribution >= 0.6 is 11.6 Å². The van der Waals surface area contributed by atoms with Crippen LogP contribution in [-0.2, 0) is 20.9 Å². The maximum atomic E-state index is 13.6. The molecular weight excluding hydrogens is 423 g/mol. The van der Waals surface area contributed by atoms with Crippen molar-refractivity contribution in [2.45, 2.75) is 37.5 Å². The fourth-order valence-corrected chi connectivity index (χ4v) is 4.45. The maximum Gasteiger partial charge on any atom is 0.434 e. The molecule has 1 aromatic carbocycles. The van der Waals surface area contributed by atoms with Crippen molar-refractivity contribution in [3.8, 4) is 5.75 Å². The topological polar surface area (TPSA) is 150 Å². The summed E-state index contributed by atoms with van der Waals surface area (Å²) in [5.41, 5.74) is 4.56. The molecule has 5 rings (SSSR count). The molecule has 0 spiro atoms. The van der Waals surface area contributed by atoms with Gasteiger partial charge in [0.1, 0.15) is 24.8 Å². The minimum atomic E-state index is -0.948. The van der Waals surface area contributed by atoms with E-state index in [0.717, 1.165) is 6.07 Å². The molecule has 12 heteroatoms. The van der Waals surface area contributed by atoms with Crippen molar-refractivity contribution in [1.29, 1.82) is 0 Å². The summed E-state index contributed by atoms with van der Waals surface area (Å²) in [6.45, 7) is -0.372. The summed E-state index contributed by atoms with van der Waals surface area (Å²) in [4.78, 5) is 34.9. The van der Waals surface area contributed by atoms with Gasteiger partial charge in [0.15, 0.2) is 6.10 Å². The number of nitrogens with zero attached hydrogens (tertiary/aromatic N) is 1. The standard InChI is InChI=1S/C18H18ClFN4O6/c19-10-2-1-9(3-11(10)20)29-14(15(21)26)17-6-18(7-17,8-17)22-12(25)4-28-5-13-23-24-16(27)30-13/h1-3,14H,4-8H2,(H2,21,26)(H,22,25)(H,24,27). The van der Waals surface area contributed by atoms with E-state index in [1.807, 2.05) is 0 Å². The van der Waals surface area contributed by atoms with Crippen molar-refractivity contribution in [3.63, 3.8) is 0 Å². The van der Waals surface area contributed by atoms with Gasteiger partial charge in [0.2, 0.25) is 11.8 Å². The number of carbonyl (C=O) groups is 2. The first-order valence-corrected chi connectivity index (χ1v) is 9.42. The van der Waals surface area contributed by atoms with Crippen molar-refractivity contribution >= 4 is 23.4 Å². The third-order valence-electron chi connectivity index (χ3n) is 5.38. The smallest absolute Gasteiger partial charge is 0.434 e. The molecule has 3 fully saturated rings. The highest BCUT2D eigenvalue weighted by Crippen LogP contribution is 2.69. The van der Waals surface area contributed by atoms with Crippen LogP contribution in [0.25, 0.3) is 0 Å². The lowest BCUT2D eigenvalue weighted by Crippen LogP contribution is -2.79. The van der Waals surface area contributed by atoms with Crippen molar-refractivity contribution in [1.82, 2.24) is 15.5 Å². The number of rotatable bonds is 9. The second-order valence-corrected chi connectivity index (χ2v) is 8.10. The van der Waals surface area contributed by atoms with Gasteiger partial charge < -0.3 is 24.9 Å². The van der Waals surface area contributed by atoms with E-state index in [0.29, 0.717) is 19.3 Å². The summed E-state index contributed by atoms with van der Waals surface area (Å²) in [7, 11) is 0. The Morgan fingerprint density at radius 1 is 1.40 bits per heavy atom. The van der Waals surface area contributed by atoms with Crippen LogP contribution in [0.4, 0.5) is 4.39 Å². The largest absolute Gasteiger partial charge is 0.480 e. The molecule has 0 aliphatic heterocycles. The van der Waals surface area contributed by atoms with Crippen molar-refractivity contribution in [3.05, 3.63) is 45.5 Å². The Hall–Kier alpha value is -2.92. The molecule has 1 unspecified atom stereocenters. The number of nitrogens with two attached hydrogens (primary N) is 1. The number of carbonyl (C=O) groups excluding carboxylic acids is 2. The predicted octanol–water partition coefficient (Wildman–Crippen LogP) is 0.644. The van der Waals surface area contributed by atoms with Gasteiger partial charge in [-0.15, -0.1) is 5.10 Å². The van der Waals surface area contributed by atoms with Crippen molar-refractivity contribution < 1.29 is 27.9 Å². The Labute approximate surface area is 173 Å². The second-order valence-electron chi connectivity index (χ2n) is 7.70. The Balaban J connectivity index is 1.28. The van der Waals surface area contributed by atoms with Gasteiger partial charge in [-0.05, 0) is 31.4 Å². The van der Waals surface area contributed by atoms with Gasteiger partial charge in [-0.2, -0.15) is 0 Å². The maximum absolute atomic E-state index is 13.6. The van der Waals surface area contributed by atoms with Crippen LogP contribution in [0, 0.1) is 11.2 Å². The van der Waals surface area contributed by atoms with Gasteiger partial charge in [-0.25, -0.2) is 14.3 Å². The zero-order valence-corrected chi connectivity index (χ0v) is 16.3. The van der Waals surface area contributed by atoms with Crippen LogP contribution in [0.5, 0.6) is 5.75 Å². The normalized spacial score (nSPS) is 25.0. The van der Waals surface area contributed by atoms with E-state index < -0.39 is 34.5 Å². The minimum absolute atomic E-state index is 0.0392. The number of amides is 2. The summed E-state index contributed by atoms with van der Waals surface area (Å²) in [6, 6.07) is 3.89. The summed E-state index contributed by atoms with van der Waals surface area (Å²) in [6.07, 6.45) is 0.562. The number of ether oxygens (including phenoxy) is 2. The van der Waals surface area contributed by atoms with E-state index in [1.54, 1.807) is 0 Å². The van der Waals surface area contributed by atoms with Crippen LogP contribution in [0.15, 0.2) is 27.4 Å². The van der Waals surface area contributed by atoms with Crippen LogP contribution in [-0.4, -0.2) is 40.3 Å². The number of nitrogens with one attached hydrogen (secondary N) is 2. The Morgan fingerprint density at radius 2 is 2.13 bits per heavy atom. The van der Waals surface area contributed by atoms with E-state index in [-0.39, 0.29) is 35.8 Å². The van der Waals surface area contributed by atoms with Gasteiger partial charge in [0, 0.05) is 17.0 Å². The van der Waals surface area contributed by atoms with E-state index in [1.165, 1.54) is 12.1 Å². The first-order chi connectivity index (χ1) is 14.2. The molecule has 2 amide bonds. The number of hydrogen-bond donors (Lipinski definition) is 3. The number of halogens is 2. The van der Waals surface area contributed by atoms with Gasteiger partial charge in [0.25, 0.3) is 5.91 Å². The lowest BCUT2D eigenvalue weighted by Gasteiger charge is -2.71. The highest BCUT2D eigenvalue weighted by molar-refractivity contribution is 6.30. The van der Waals surface area contributed by atoms with E-state index in [2.05, 4.69) is 19.9 Å². The lowest BCUT2D eigenvalue weighted by atomic mass is 9.37. The molecule has 10 nitrogen and oxygen atoms in total. The van der Waals surface area contributed by atoms with Gasteiger partial charge in [-0.1, -0.05) is 11.6 Å². The SMILES string of the molecule is NC(=O)C(Oc1ccc(Cl)c(F)c1)C12CC(NC(=O)COCc3n[nH]c(=O)o3)(C1)C2. The fraction of sp³-hybridized carbons (Fsp3) is 0.444. The fourth-order valence-electron chi connectivity index (χ4n) is 4.33. The highest BCUT2D eigenvalue weighted by Gasteiger charge is 2.73. The van der Waals surface area contributed by atoms with Crippen molar-refractivity contribution in [2.75, 3.05) is 6.61 Å². The molecule has 30 heavy (non-hydrogen) atoms. The number of aromatic amines is 1. The Morgan fingerprint density at radius 3 is 2.73 bits per heavy atom. The van der Waals surface area contributed by atoms with Crippen LogP contribution in [0.3, 0.4) is 0 Å².